The van der Waals surface area contributed by atoms with Crippen molar-refractivity contribution in [3.8, 4) is 22.3 Å². The minimum atomic E-state index is -0.769. The monoisotopic (exact) mass is 624 g/mol. The van der Waals surface area contributed by atoms with E-state index in [1.54, 1.807) is 0 Å². The molecule has 1 aliphatic carbocycles. The van der Waals surface area contributed by atoms with Gasteiger partial charge in [0.2, 0.25) is 0 Å². The summed E-state index contributed by atoms with van der Waals surface area (Å²) in [6, 6.07) is 46.4. The van der Waals surface area contributed by atoms with Crippen molar-refractivity contribution >= 4 is 41.4 Å². The fourth-order valence-corrected chi connectivity index (χ4v) is 8.67. The molecule has 4 heteroatoms. The average molecular weight is 625 g/mol. The number of nitrogens with zero attached hydrogens (tertiary/aromatic N) is 1. The van der Waals surface area contributed by atoms with Gasteiger partial charge >= 0.3 is 0 Å². The van der Waals surface area contributed by atoms with Gasteiger partial charge in [-0.2, -0.15) is 0 Å². The van der Waals surface area contributed by atoms with Crippen molar-refractivity contribution in [2.45, 2.75) is 31.8 Å². The highest BCUT2D eigenvalue weighted by Crippen LogP contribution is 2.32. The summed E-state index contributed by atoms with van der Waals surface area (Å²) in [6.45, 7) is 4.80. The molecule has 229 valence electrons. The van der Waals surface area contributed by atoms with Crippen LogP contribution in [0.15, 0.2) is 157 Å². The summed E-state index contributed by atoms with van der Waals surface area (Å²) in [5.74, 6) is 1.25. The predicted molar refractivity (Wildman–Crippen MR) is 202 cm³/mol. The van der Waals surface area contributed by atoms with Crippen molar-refractivity contribution in [2.75, 3.05) is 0 Å². The lowest BCUT2D eigenvalue weighted by Gasteiger charge is -2.36. The summed E-state index contributed by atoms with van der Waals surface area (Å²) >= 11 is 0. The fourth-order valence-electron chi connectivity index (χ4n) is 7.14. The third kappa shape index (κ3) is 5.75. The van der Waals surface area contributed by atoms with Crippen molar-refractivity contribution in [1.82, 2.24) is 10.6 Å². The van der Waals surface area contributed by atoms with Gasteiger partial charge in [0.05, 0.1) is 15.0 Å². The number of hydrogen-bond acceptors (Lipinski definition) is 3. The van der Waals surface area contributed by atoms with Crippen molar-refractivity contribution in [1.29, 1.82) is 0 Å². The van der Waals surface area contributed by atoms with Crippen LogP contribution in [0.2, 0.25) is 13.1 Å². The molecule has 6 aromatic carbocycles. The average Bonchev–Trinajstić information content (AvgIpc) is 3.14. The Morgan fingerprint density at radius 3 is 2.13 bits per heavy atom. The molecule has 47 heavy (non-hydrogen) atoms. The van der Waals surface area contributed by atoms with Crippen molar-refractivity contribution in [3.63, 3.8) is 0 Å². The molecule has 0 amide bonds. The van der Waals surface area contributed by atoms with E-state index in [1.807, 2.05) is 0 Å². The lowest BCUT2D eigenvalue weighted by molar-refractivity contribution is 0.328. The van der Waals surface area contributed by atoms with E-state index >= 15 is 0 Å². The SMILES string of the molecule is C[Si](C)c1c(-c2ccccc2C2=NC(c3ccc(-c4ccc5ccccc5c4)cc3)NC(C3C=CC=CC3)N2)ccc2ccccc12. The summed E-state index contributed by atoms with van der Waals surface area (Å²) in [7, 11) is -0.769. The van der Waals surface area contributed by atoms with Crippen LogP contribution in [0.1, 0.15) is 23.7 Å². The van der Waals surface area contributed by atoms with Crippen LogP contribution in [0.25, 0.3) is 43.8 Å². The summed E-state index contributed by atoms with van der Waals surface area (Å²) in [5.41, 5.74) is 7.28. The van der Waals surface area contributed by atoms with E-state index in [1.165, 1.54) is 49.0 Å². The van der Waals surface area contributed by atoms with Crippen molar-refractivity contribution < 1.29 is 0 Å². The van der Waals surface area contributed by atoms with E-state index in [4.69, 9.17) is 4.99 Å². The molecular weight excluding hydrogens is 587 g/mol. The van der Waals surface area contributed by atoms with Gasteiger partial charge < -0.3 is 5.32 Å². The van der Waals surface area contributed by atoms with E-state index in [0.717, 1.165) is 23.4 Å². The highest BCUT2D eigenvalue weighted by Gasteiger charge is 2.30. The Labute approximate surface area is 279 Å². The van der Waals surface area contributed by atoms with Gasteiger partial charge in [-0.1, -0.05) is 159 Å². The number of nitrogens with one attached hydrogen (secondary N) is 2. The molecule has 3 nitrogen and oxygen atoms in total. The number of benzene rings is 6. The van der Waals surface area contributed by atoms with Crippen molar-refractivity contribution in [2.24, 2.45) is 10.9 Å². The zero-order valence-corrected chi connectivity index (χ0v) is 27.8. The smallest absolute Gasteiger partial charge is 0.132 e. The van der Waals surface area contributed by atoms with Crippen LogP contribution in [0.3, 0.4) is 0 Å². The maximum Gasteiger partial charge on any atom is 0.132 e. The minimum absolute atomic E-state index is 0.0370. The van der Waals surface area contributed by atoms with Gasteiger partial charge in [-0.25, -0.2) is 4.99 Å². The van der Waals surface area contributed by atoms with E-state index < -0.39 is 8.80 Å². The molecule has 0 saturated heterocycles. The molecule has 1 aliphatic heterocycles. The number of amidine groups is 1. The Morgan fingerprint density at radius 2 is 1.34 bits per heavy atom. The molecule has 1 heterocycles. The molecule has 0 fully saturated rings. The van der Waals surface area contributed by atoms with Gasteiger partial charge in [0.15, 0.2) is 0 Å². The van der Waals surface area contributed by atoms with E-state index in [9.17, 15) is 0 Å². The first kappa shape index (κ1) is 29.4. The lowest BCUT2D eigenvalue weighted by atomic mass is 9.93. The molecule has 3 atom stereocenters. The zero-order chi connectivity index (χ0) is 31.7. The standard InChI is InChI=1S/C43H38N3Si/c1-47(2)40-36-17-9-8-13-31(36)26-27-38(40)37-18-10-11-19-39(37)43-45-41(32-14-4-3-5-15-32)44-42(46-43)33-23-20-30(21-24-33)35-25-22-29-12-6-7-16-34(29)28-35/h3-14,16-28,32,41-42,44H,15H2,1-2H3,(H,45,46). The number of aliphatic imine (C=N–C) groups is 1. The molecule has 8 rings (SSSR count). The molecule has 0 bridgehead atoms. The second kappa shape index (κ2) is 12.6. The summed E-state index contributed by atoms with van der Waals surface area (Å²) < 4.78 is 0. The maximum atomic E-state index is 5.39. The largest absolute Gasteiger partial charge is 0.354 e. The van der Waals surface area contributed by atoms with Crippen LogP contribution in [-0.2, 0) is 0 Å². The van der Waals surface area contributed by atoms with E-state index in [0.29, 0.717) is 5.92 Å². The highest BCUT2D eigenvalue weighted by atomic mass is 28.3. The van der Waals surface area contributed by atoms with Gasteiger partial charge in [-0.15, -0.1) is 0 Å². The van der Waals surface area contributed by atoms with Crippen LogP contribution in [0, 0.1) is 5.92 Å². The molecule has 0 saturated carbocycles. The van der Waals surface area contributed by atoms with Gasteiger partial charge in [-0.05, 0) is 67.0 Å². The van der Waals surface area contributed by atoms with Crippen LogP contribution in [-0.4, -0.2) is 20.8 Å². The number of fused-ring (bicyclic) bond motifs is 2. The molecule has 2 N–H and O–H groups in total. The first-order valence-corrected chi connectivity index (χ1v) is 19.1. The molecule has 3 unspecified atom stereocenters. The Hall–Kier alpha value is -5.03. The molecule has 0 aromatic heterocycles. The first-order chi connectivity index (χ1) is 23.1. The van der Waals surface area contributed by atoms with Crippen molar-refractivity contribution in [3.05, 3.63) is 163 Å². The number of rotatable bonds is 6. The number of hydrogen-bond donors (Lipinski definition) is 2. The Morgan fingerprint density at radius 1 is 0.638 bits per heavy atom. The van der Waals surface area contributed by atoms with Crippen LogP contribution in [0.5, 0.6) is 0 Å². The molecule has 0 spiro atoms. The van der Waals surface area contributed by atoms with Crippen LogP contribution >= 0.6 is 0 Å². The summed E-state index contributed by atoms with van der Waals surface area (Å²) in [5, 5.41) is 14.4. The number of allylic oxidation sites excluding steroid dienone is 3. The van der Waals surface area contributed by atoms with E-state index in [-0.39, 0.29) is 12.3 Å². The third-order valence-corrected chi connectivity index (χ3v) is 11.1. The second-order valence-corrected chi connectivity index (χ2v) is 15.3. The lowest BCUT2D eigenvalue weighted by Crippen LogP contribution is -2.54. The van der Waals surface area contributed by atoms with Gasteiger partial charge in [-0.3, -0.25) is 5.32 Å². The highest BCUT2D eigenvalue weighted by molar-refractivity contribution is 6.74. The quantitative estimate of drug-likeness (QED) is 0.181. The second-order valence-electron chi connectivity index (χ2n) is 12.8. The first-order valence-electron chi connectivity index (χ1n) is 16.6. The zero-order valence-electron chi connectivity index (χ0n) is 26.8. The topological polar surface area (TPSA) is 36.4 Å². The summed E-state index contributed by atoms with van der Waals surface area (Å²) in [4.78, 5) is 5.39. The van der Waals surface area contributed by atoms with Gasteiger partial charge in [0.1, 0.15) is 12.0 Å². The predicted octanol–water partition coefficient (Wildman–Crippen LogP) is 9.38. The Kier molecular flexibility index (Phi) is 7.90. The Bertz CT molecular complexity index is 2180. The molecule has 2 aliphatic rings. The van der Waals surface area contributed by atoms with Crippen LogP contribution < -0.4 is 15.8 Å². The van der Waals surface area contributed by atoms with Crippen LogP contribution in [0.4, 0.5) is 0 Å². The third-order valence-electron chi connectivity index (χ3n) is 9.54. The molecular formula is C43H38N3Si. The minimum Gasteiger partial charge on any atom is -0.354 e. The van der Waals surface area contributed by atoms with Gasteiger partial charge in [0.25, 0.3) is 0 Å². The van der Waals surface area contributed by atoms with Gasteiger partial charge in [0, 0.05) is 11.5 Å². The fraction of sp³-hybridized carbons (Fsp3) is 0.140. The maximum absolute atomic E-state index is 5.39. The molecule has 6 aromatic rings. The Balaban J connectivity index is 1.20. The van der Waals surface area contributed by atoms with E-state index in [2.05, 4.69) is 175 Å². The normalized spacial score (nSPS) is 19.2. The molecule has 1 radical (unpaired) electrons. The summed E-state index contributed by atoms with van der Waals surface area (Å²) in [6.07, 6.45) is 9.71.